The van der Waals surface area contributed by atoms with E-state index < -0.39 is 0 Å². The number of nitrogens with zero attached hydrogens (tertiary/aromatic N) is 2. The van der Waals surface area contributed by atoms with Crippen molar-refractivity contribution >= 4 is 44.5 Å². The van der Waals surface area contributed by atoms with Gasteiger partial charge in [0, 0.05) is 12.4 Å². The molecule has 0 radical (unpaired) electrons. The SMILES string of the molecule is BrP1C=CN2N1C=CP2Br. The van der Waals surface area contributed by atoms with Gasteiger partial charge in [-0.15, -0.1) is 0 Å². The largest absolute Gasteiger partial charge is 0.253 e. The fourth-order valence-electron chi connectivity index (χ4n) is 0.805. The Balaban J connectivity index is 2.23. The van der Waals surface area contributed by atoms with Crippen molar-refractivity contribution in [2.24, 2.45) is 0 Å². The van der Waals surface area contributed by atoms with Crippen molar-refractivity contribution in [1.29, 1.82) is 0 Å². The first kappa shape index (κ1) is 7.54. The molecule has 0 spiro atoms. The summed E-state index contributed by atoms with van der Waals surface area (Å²) in [5.74, 6) is 4.35. The van der Waals surface area contributed by atoms with Gasteiger partial charge in [-0.3, -0.25) is 9.56 Å². The molecular weight excluding hydrogens is 298 g/mol. The Bertz CT molecular complexity index is 185. The Morgan fingerprint density at radius 2 is 1.30 bits per heavy atom. The number of hydrogen-bond donors (Lipinski definition) is 0. The summed E-state index contributed by atoms with van der Waals surface area (Å²) < 4.78 is 4.41. The van der Waals surface area contributed by atoms with Gasteiger partial charge in [-0.1, -0.05) is 0 Å². The molecule has 2 rings (SSSR count). The second-order valence-electron chi connectivity index (χ2n) is 1.81. The maximum Gasteiger partial charge on any atom is 0.110 e. The summed E-state index contributed by atoms with van der Waals surface area (Å²) in [6, 6.07) is 0. The normalized spacial score (nSPS) is 35.8. The zero-order chi connectivity index (χ0) is 7.14. The monoisotopic (exact) mass is 300 g/mol. The Hall–Kier alpha value is 0.900. The molecule has 0 aromatic rings. The van der Waals surface area contributed by atoms with E-state index in [1.807, 2.05) is 0 Å². The topological polar surface area (TPSA) is 6.48 Å². The average Bonchev–Trinajstić information content (AvgIpc) is 2.41. The van der Waals surface area contributed by atoms with Crippen LogP contribution in [0.4, 0.5) is 0 Å². The quantitative estimate of drug-likeness (QED) is 0.626. The van der Waals surface area contributed by atoms with E-state index in [-0.39, 0.29) is 13.5 Å². The van der Waals surface area contributed by atoms with Gasteiger partial charge in [-0.05, 0) is 42.6 Å². The molecule has 0 aliphatic carbocycles. The lowest BCUT2D eigenvalue weighted by atomic mass is 11.0. The van der Waals surface area contributed by atoms with Gasteiger partial charge in [0.15, 0.2) is 0 Å². The van der Waals surface area contributed by atoms with E-state index in [4.69, 9.17) is 0 Å². The number of halogens is 2. The third kappa shape index (κ3) is 1.06. The zero-order valence-electron chi connectivity index (χ0n) is 4.85. The smallest absolute Gasteiger partial charge is 0.110 e. The van der Waals surface area contributed by atoms with E-state index in [1.54, 1.807) is 0 Å². The van der Waals surface area contributed by atoms with Gasteiger partial charge in [0.2, 0.25) is 0 Å². The number of hydrogen-bond acceptors (Lipinski definition) is 2. The van der Waals surface area contributed by atoms with Gasteiger partial charge in [-0.2, -0.15) is 0 Å². The molecule has 0 N–H and O–H groups in total. The highest BCUT2D eigenvalue weighted by molar-refractivity contribution is 9.40. The van der Waals surface area contributed by atoms with Gasteiger partial charge in [0.1, 0.15) is 13.5 Å². The van der Waals surface area contributed by atoms with Crippen LogP contribution < -0.4 is 0 Å². The molecule has 54 valence electrons. The fraction of sp³-hybridized carbons (Fsp3) is 0. The summed E-state index contributed by atoms with van der Waals surface area (Å²) in [6.45, 7) is -0.483. The highest BCUT2D eigenvalue weighted by Gasteiger charge is 2.29. The summed E-state index contributed by atoms with van der Waals surface area (Å²) in [5.41, 5.74) is 0. The maximum atomic E-state index is 3.57. The lowest BCUT2D eigenvalue weighted by Crippen LogP contribution is -2.13. The van der Waals surface area contributed by atoms with Crippen LogP contribution in [-0.2, 0) is 0 Å². The van der Waals surface area contributed by atoms with Crippen molar-refractivity contribution in [2.75, 3.05) is 0 Å². The van der Waals surface area contributed by atoms with Crippen molar-refractivity contribution in [3.63, 3.8) is 0 Å². The number of fused-ring (bicyclic) bond motifs is 1. The zero-order valence-corrected chi connectivity index (χ0v) is 9.82. The molecule has 10 heavy (non-hydrogen) atoms. The van der Waals surface area contributed by atoms with E-state index in [2.05, 4.69) is 64.6 Å². The molecule has 2 unspecified atom stereocenters. The predicted octanol–water partition coefficient (Wildman–Crippen LogP) is 3.89. The Labute approximate surface area is 78.0 Å². The first-order chi connectivity index (χ1) is 4.79. The molecule has 0 bridgehead atoms. The van der Waals surface area contributed by atoms with Crippen molar-refractivity contribution in [3.8, 4) is 0 Å². The molecular formula is C4H4Br2N2P2. The Morgan fingerprint density at radius 3 is 1.70 bits per heavy atom. The molecule has 0 saturated carbocycles. The van der Waals surface area contributed by atoms with Gasteiger partial charge < -0.3 is 0 Å². The lowest BCUT2D eigenvalue weighted by molar-refractivity contribution is 0.365. The average molecular weight is 302 g/mol. The number of rotatable bonds is 0. The van der Waals surface area contributed by atoms with E-state index in [0.29, 0.717) is 0 Å². The van der Waals surface area contributed by atoms with Crippen molar-refractivity contribution in [1.82, 2.24) is 9.56 Å². The van der Waals surface area contributed by atoms with Crippen LogP contribution in [0.25, 0.3) is 0 Å². The van der Waals surface area contributed by atoms with Crippen LogP contribution in [0.5, 0.6) is 0 Å². The minimum Gasteiger partial charge on any atom is -0.253 e. The molecule has 0 fully saturated rings. The highest BCUT2D eigenvalue weighted by Crippen LogP contribution is 2.67. The molecule has 2 aliphatic heterocycles. The molecule has 0 saturated heterocycles. The predicted molar refractivity (Wildman–Crippen MR) is 53.7 cm³/mol. The molecule has 0 amide bonds. The van der Waals surface area contributed by atoms with Gasteiger partial charge in [0.05, 0.1) is 0 Å². The lowest BCUT2D eigenvalue weighted by Gasteiger charge is -2.25. The second-order valence-corrected chi connectivity index (χ2v) is 8.75. The van der Waals surface area contributed by atoms with Gasteiger partial charge in [-0.25, -0.2) is 0 Å². The molecule has 0 aromatic heterocycles. The van der Waals surface area contributed by atoms with E-state index in [9.17, 15) is 0 Å². The standard InChI is InChI=1S/C4H4Br2N2P2/c5-9-3-1-7-8(9)2-4-10(7)6/h1-4H. The third-order valence-corrected chi connectivity index (χ3v) is 6.95. The fourth-order valence-corrected chi connectivity index (χ4v) is 5.98. The van der Waals surface area contributed by atoms with Gasteiger partial charge in [0.25, 0.3) is 0 Å². The van der Waals surface area contributed by atoms with Crippen LogP contribution >= 0.6 is 44.5 Å². The minimum absolute atomic E-state index is 0.241. The van der Waals surface area contributed by atoms with E-state index in [0.717, 1.165) is 0 Å². The minimum atomic E-state index is -0.241. The molecule has 2 aliphatic rings. The summed E-state index contributed by atoms with van der Waals surface area (Å²) in [6.07, 6.45) is 4.22. The highest BCUT2D eigenvalue weighted by atomic mass is 79.9. The third-order valence-electron chi connectivity index (χ3n) is 1.25. The number of hydrazine groups is 1. The first-order valence-corrected chi connectivity index (χ1v) is 9.40. The van der Waals surface area contributed by atoms with Crippen molar-refractivity contribution in [2.45, 2.75) is 0 Å². The molecule has 0 aromatic carbocycles. The van der Waals surface area contributed by atoms with Crippen LogP contribution in [0, 0.1) is 0 Å². The molecule has 2 atom stereocenters. The Kier molecular flexibility index (Phi) is 2.07. The van der Waals surface area contributed by atoms with Crippen LogP contribution in [0.15, 0.2) is 24.0 Å². The van der Waals surface area contributed by atoms with E-state index in [1.165, 1.54) is 0 Å². The summed E-state index contributed by atoms with van der Waals surface area (Å²) >= 11 is 7.15. The molecule has 6 heteroatoms. The van der Waals surface area contributed by atoms with E-state index >= 15 is 0 Å². The van der Waals surface area contributed by atoms with Crippen molar-refractivity contribution in [3.05, 3.63) is 24.0 Å². The second kappa shape index (κ2) is 2.75. The summed E-state index contributed by atoms with van der Waals surface area (Å²) in [4.78, 5) is 0. The molecule has 2 heterocycles. The van der Waals surface area contributed by atoms with Gasteiger partial charge >= 0.3 is 0 Å². The first-order valence-electron chi connectivity index (χ1n) is 2.64. The summed E-state index contributed by atoms with van der Waals surface area (Å²) in [7, 11) is 0. The Morgan fingerprint density at radius 1 is 0.900 bits per heavy atom. The van der Waals surface area contributed by atoms with Crippen LogP contribution in [0.3, 0.4) is 0 Å². The summed E-state index contributed by atoms with van der Waals surface area (Å²) in [5, 5.41) is 0. The maximum absolute atomic E-state index is 3.57. The molecule has 2 nitrogen and oxygen atoms in total. The van der Waals surface area contributed by atoms with Crippen LogP contribution in [-0.4, -0.2) is 9.56 Å². The van der Waals surface area contributed by atoms with Crippen LogP contribution in [0.1, 0.15) is 0 Å². The van der Waals surface area contributed by atoms with Crippen molar-refractivity contribution < 1.29 is 0 Å². The van der Waals surface area contributed by atoms with Crippen LogP contribution in [0.2, 0.25) is 0 Å².